The molecule has 0 aromatic heterocycles. The SMILES string of the molecule is NC1CCC(N(Cc2ccc(NC(=O)C3CCCC3)cc2)C(=O)c2cc(F)cc(F)c2)CC1. The van der Waals surface area contributed by atoms with Crippen molar-refractivity contribution in [2.75, 3.05) is 5.32 Å². The molecule has 5 nitrogen and oxygen atoms in total. The fourth-order valence-corrected chi connectivity index (χ4v) is 4.95. The molecule has 0 radical (unpaired) electrons. The van der Waals surface area contributed by atoms with Crippen molar-refractivity contribution in [2.45, 2.75) is 70.0 Å². The number of halogens is 2. The molecule has 2 amide bonds. The lowest BCUT2D eigenvalue weighted by Crippen LogP contribution is -2.43. The van der Waals surface area contributed by atoms with Gasteiger partial charge in [0.25, 0.3) is 5.91 Å². The second kappa shape index (κ2) is 10.4. The summed E-state index contributed by atoms with van der Waals surface area (Å²) in [5, 5.41) is 2.98. The van der Waals surface area contributed by atoms with Gasteiger partial charge in [0.1, 0.15) is 11.6 Å². The van der Waals surface area contributed by atoms with Gasteiger partial charge >= 0.3 is 0 Å². The fraction of sp³-hybridized carbons (Fsp3) is 0.462. The topological polar surface area (TPSA) is 75.4 Å². The number of carbonyl (C=O) groups excluding carboxylic acids is 2. The quantitative estimate of drug-likeness (QED) is 0.643. The van der Waals surface area contributed by atoms with Crippen molar-refractivity contribution in [1.82, 2.24) is 4.90 Å². The largest absolute Gasteiger partial charge is 0.331 e. The Hall–Kier alpha value is -2.80. The minimum absolute atomic E-state index is 0.00261. The van der Waals surface area contributed by atoms with Crippen molar-refractivity contribution in [3.8, 4) is 0 Å². The van der Waals surface area contributed by atoms with Crippen molar-refractivity contribution >= 4 is 17.5 Å². The number of hydrogen-bond donors (Lipinski definition) is 2. The Bertz CT molecular complexity index is 961. The van der Waals surface area contributed by atoms with Gasteiger partial charge in [-0.15, -0.1) is 0 Å². The third-order valence-electron chi connectivity index (χ3n) is 6.85. The van der Waals surface area contributed by atoms with Crippen molar-refractivity contribution in [3.05, 3.63) is 65.2 Å². The first kappa shape index (κ1) is 23.4. The molecular weight excluding hydrogens is 424 g/mol. The third kappa shape index (κ3) is 5.96. The summed E-state index contributed by atoms with van der Waals surface area (Å²) in [6.07, 6.45) is 7.18. The molecule has 2 aliphatic carbocycles. The molecule has 2 fully saturated rings. The van der Waals surface area contributed by atoms with Gasteiger partial charge in [0, 0.05) is 41.9 Å². The van der Waals surface area contributed by atoms with Gasteiger partial charge in [0.15, 0.2) is 0 Å². The summed E-state index contributed by atoms with van der Waals surface area (Å²) < 4.78 is 27.5. The van der Waals surface area contributed by atoms with Crippen LogP contribution in [0.5, 0.6) is 0 Å². The molecule has 2 aromatic carbocycles. The predicted molar refractivity (Wildman–Crippen MR) is 123 cm³/mol. The second-order valence-corrected chi connectivity index (χ2v) is 9.33. The molecule has 7 heteroatoms. The maximum absolute atomic E-state index is 13.8. The molecule has 2 aromatic rings. The Morgan fingerprint density at radius 1 is 0.909 bits per heavy atom. The lowest BCUT2D eigenvalue weighted by Gasteiger charge is -2.36. The highest BCUT2D eigenvalue weighted by molar-refractivity contribution is 5.94. The average Bonchev–Trinajstić information content (AvgIpc) is 3.33. The highest BCUT2D eigenvalue weighted by Crippen LogP contribution is 2.28. The molecular formula is C26H31F2N3O2. The molecule has 0 heterocycles. The van der Waals surface area contributed by atoms with E-state index in [0.717, 1.165) is 80.8 Å². The van der Waals surface area contributed by atoms with Crippen molar-refractivity contribution in [3.63, 3.8) is 0 Å². The number of nitrogens with two attached hydrogens (primary N) is 1. The van der Waals surface area contributed by atoms with Crippen LogP contribution in [0.2, 0.25) is 0 Å². The minimum atomic E-state index is -0.772. The Morgan fingerprint density at radius 3 is 2.12 bits per heavy atom. The highest BCUT2D eigenvalue weighted by Gasteiger charge is 2.29. The Kier molecular flexibility index (Phi) is 7.38. The molecule has 2 saturated carbocycles. The number of amides is 2. The second-order valence-electron chi connectivity index (χ2n) is 9.33. The van der Waals surface area contributed by atoms with E-state index in [0.29, 0.717) is 6.54 Å². The Morgan fingerprint density at radius 2 is 1.52 bits per heavy atom. The molecule has 0 bridgehead atoms. The maximum Gasteiger partial charge on any atom is 0.254 e. The summed E-state index contributed by atoms with van der Waals surface area (Å²) in [5.41, 5.74) is 7.65. The molecule has 3 N–H and O–H groups in total. The van der Waals surface area contributed by atoms with E-state index in [-0.39, 0.29) is 29.5 Å². The van der Waals surface area contributed by atoms with Crippen LogP contribution in [-0.2, 0) is 11.3 Å². The summed E-state index contributed by atoms with van der Waals surface area (Å²) in [7, 11) is 0. The van der Waals surface area contributed by atoms with Crippen molar-refractivity contribution in [1.29, 1.82) is 0 Å². The molecule has 0 spiro atoms. The smallest absolute Gasteiger partial charge is 0.254 e. The van der Waals surface area contributed by atoms with Gasteiger partial charge in [-0.25, -0.2) is 8.78 Å². The predicted octanol–water partition coefficient (Wildman–Crippen LogP) is 5.01. The molecule has 4 rings (SSSR count). The van der Waals surface area contributed by atoms with E-state index in [4.69, 9.17) is 5.73 Å². The normalized spacial score (nSPS) is 21.1. The summed E-state index contributed by atoms with van der Waals surface area (Å²) in [4.78, 5) is 27.4. The van der Waals surface area contributed by atoms with E-state index < -0.39 is 17.5 Å². The van der Waals surface area contributed by atoms with Gasteiger partial charge in [0.05, 0.1) is 0 Å². The van der Waals surface area contributed by atoms with Gasteiger partial charge in [0.2, 0.25) is 5.91 Å². The first-order chi connectivity index (χ1) is 15.9. The molecule has 0 atom stereocenters. The minimum Gasteiger partial charge on any atom is -0.331 e. The number of nitrogens with zero attached hydrogens (tertiary/aromatic N) is 1. The van der Waals surface area contributed by atoms with Crippen LogP contribution in [0.1, 0.15) is 67.3 Å². The summed E-state index contributed by atoms with van der Waals surface area (Å²) in [5.74, 6) is -1.80. The zero-order valence-electron chi connectivity index (χ0n) is 18.7. The third-order valence-corrected chi connectivity index (χ3v) is 6.85. The zero-order chi connectivity index (χ0) is 23.4. The fourth-order valence-electron chi connectivity index (χ4n) is 4.95. The molecule has 176 valence electrons. The average molecular weight is 456 g/mol. The standard InChI is InChI=1S/C26H31F2N3O2/c27-20-13-19(14-21(28)15-20)26(33)31(24-11-7-22(29)8-12-24)16-17-5-9-23(10-6-17)30-25(32)18-3-1-2-4-18/h5-6,9-10,13-15,18,22,24H,1-4,7-8,11-12,16,29H2,(H,30,32). The van der Waals surface area contributed by atoms with Crippen LogP contribution >= 0.6 is 0 Å². The first-order valence-electron chi connectivity index (χ1n) is 11.8. The van der Waals surface area contributed by atoms with Crippen LogP contribution in [-0.4, -0.2) is 28.8 Å². The van der Waals surface area contributed by atoms with E-state index in [2.05, 4.69) is 5.32 Å². The highest BCUT2D eigenvalue weighted by atomic mass is 19.1. The molecule has 33 heavy (non-hydrogen) atoms. The van der Waals surface area contributed by atoms with Crippen LogP contribution < -0.4 is 11.1 Å². The van der Waals surface area contributed by atoms with Crippen LogP contribution in [0.25, 0.3) is 0 Å². The Balaban J connectivity index is 1.49. The summed E-state index contributed by atoms with van der Waals surface area (Å²) in [6.45, 7) is 0.313. The molecule has 2 aliphatic rings. The van der Waals surface area contributed by atoms with Crippen molar-refractivity contribution < 1.29 is 18.4 Å². The lowest BCUT2D eigenvalue weighted by molar-refractivity contribution is -0.119. The lowest BCUT2D eigenvalue weighted by atomic mass is 9.90. The van der Waals surface area contributed by atoms with Gasteiger partial charge in [-0.2, -0.15) is 0 Å². The number of benzene rings is 2. The number of rotatable bonds is 6. The number of nitrogens with one attached hydrogen (secondary N) is 1. The van der Waals surface area contributed by atoms with Crippen LogP contribution in [0.3, 0.4) is 0 Å². The zero-order valence-corrected chi connectivity index (χ0v) is 18.7. The van der Waals surface area contributed by atoms with E-state index in [1.807, 2.05) is 24.3 Å². The van der Waals surface area contributed by atoms with E-state index in [9.17, 15) is 18.4 Å². The van der Waals surface area contributed by atoms with Gasteiger partial charge in [-0.1, -0.05) is 25.0 Å². The number of hydrogen-bond acceptors (Lipinski definition) is 3. The first-order valence-corrected chi connectivity index (χ1v) is 11.8. The van der Waals surface area contributed by atoms with Crippen LogP contribution in [0.15, 0.2) is 42.5 Å². The van der Waals surface area contributed by atoms with Gasteiger partial charge in [-0.3, -0.25) is 9.59 Å². The van der Waals surface area contributed by atoms with Gasteiger partial charge in [-0.05, 0) is 68.4 Å². The maximum atomic E-state index is 13.8. The number of carbonyl (C=O) groups is 2. The Labute approximate surface area is 193 Å². The van der Waals surface area contributed by atoms with Crippen LogP contribution in [0, 0.1) is 17.6 Å². The van der Waals surface area contributed by atoms with Gasteiger partial charge < -0.3 is 16.0 Å². The number of anilines is 1. The monoisotopic (exact) mass is 455 g/mol. The van der Waals surface area contributed by atoms with Crippen molar-refractivity contribution in [2.24, 2.45) is 11.7 Å². The van der Waals surface area contributed by atoms with Crippen LogP contribution in [0.4, 0.5) is 14.5 Å². The van der Waals surface area contributed by atoms with E-state index >= 15 is 0 Å². The molecule has 0 unspecified atom stereocenters. The molecule has 0 aliphatic heterocycles. The van der Waals surface area contributed by atoms with E-state index in [1.54, 1.807) is 4.90 Å². The van der Waals surface area contributed by atoms with E-state index in [1.165, 1.54) is 0 Å². The summed E-state index contributed by atoms with van der Waals surface area (Å²) in [6, 6.07) is 10.4. The summed E-state index contributed by atoms with van der Waals surface area (Å²) >= 11 is 0. The molecule has 0 saturated heterocycles.